The van der Waals surface area contributed by atoms with E-state index in [-0.39, 0.29) is 17.9 Å². The standard InChI is InChI=1S/C22H23BrN2O4/c1-15(26)29-20-4-2-3-17(14-20)22(28)24-19-9-11-25(12-10-19)21(27)13-16-5-7-18(23)8-6-16/h2-8,14,19H,9-13H2,1H3,(H,24,28). The molecule has 1 aliphatic heterocycles. The largest absolute Gasteiger partial charge is 0.427 e. The first-order valence-electron chi connectivity index (χ1n) is 9.52. The van der Waals surface area contributed by atoms with Crippen LogP contribution in [0.5, 0.6) is 5.75 Å². The number of hydrogen-bond acceptors (Lipinski definition) is 4. The van der Waals surface area contributed by atoms with Crippen molar-refractivity contribution in [2.45, 2.75) is 32.2 Å². The molecule has 0 aromatic heterocycles. The van der Waals surface area contributed by atoms with Crippen molar-refractivity contribution in [1.29, 1.82) is 0 Å². The molecule has 2 amide bonds. The lowest BCUT2D eigenvalue weighted by Gasteiger charge is -2.32. The van der Waals surface area contributed by atoms with E-state index in [4.69, 9.17) is 4.74 Å². The first-order chi connectivity index (χ1) is 13.9. The van der Waals surface area contributed by atoms with Crippen LogP contribution in [0.25, 0.3) is 0 Å². The average Bonchev–Trinajstić information content (AvgIpc) is 2.70. The third kappa shape index (κ3) is 6.15. The van der Waals surface area contributed by atoms with Crippen LogP contribution in [0.4, 0.5) is 0 Å². The lowest BCUT2D eigenvalue weighted by atomic mass is 10.0. The van der Waals surface area contributed by atoms with Crippen molar-refractivity contribution in [1.82, 2.24) is 10.2 Å². The summed E-state index contributed by atoms with van der Waals surface area (Å²) in [5.74, 6) is -0.189. The summed E-state index contributed by atoms with van der Waals surface area (Å²) in [5, 5.41) is 3.01. The number of rotatable bonds is 5. The van der Waals surface area contributed by atoms with Gasteiger partial charge in [-0.15, -0.1) is 0 Å². The first kappa shape index (κ1) is 21.0. The zero-order valence-electron chi connectivity index (χ0n) is 16.2. The Morgan fingerprint density at radius 1 is 1.10 bits per heavy atom. The molecule has 0 atom stereocenters. The molecule has 1 saturated heterocycles. The Morgan fingerprint density at radius 2 is 1.79 bits per heavy atom. The van der Waals surface area contributed by atoms with Gasteiger partial charge in [0.25, 0.3) is 5.91 Å². The highest BCUT2D eigenvalue weighted by Crippen LogP contribution is 2.17. The van der Waals surface area contributed by atoms with Gasteiger partial charge < -0.3 is 15.0 Å². The fourth-order valence-corrected chi connectivity index (χ4v) is 3.56. The molecule has 1 fully saturated rings. The summed E-state index contributed by atoms with van der Waals surface area (Å²) < 4.78 is 6.01. The number of nitrogens with one attached hydrogen (secondary N) is 1. The second kappa shape index (κ2) is 9.69. The number of nitrogens with zero attached hydrogens (tertiary/aromatic N) is 1. The van der Waals surface area contributed by atoms with Gasteiger partial charge in [-0.1, -0.05) is 34.1 Å². The van der Waals surface area contributed by atoms with Gasteiger partial charge >= 0.3 is 5.97 Å². The summed E-state index contributed by atoms with van der Waals surface area (Å²) in [5.41, 5.74) is 1.43. The van der Waals surface area contributed by atoms with Crippen LogP contribution in [0.1, 0.15) is 35.7 Å². The van der Waals surface area contributed by atoms with Gasteiger partial charge in [-0.3, -0.25) is 14.4 Å². The number of carbonyl (C=O) groups excluding carboxylic acids is 3. The van der Waals surface area contributed by atoms with Crippen LogP contribution in [0, 0.1) is 0 Å². The number of amides is 2. The number of esters is 1. The van der Waals surface area contributed by atoms with Gasteiger partial charge in [0.05, 0.1) is 6.42 Å². The molecule has 0 saturated carbocycles. The highest BCUT2D eigenvalue weighted by molar-refractivity contribution is 9.10. The van der Waals surface area contributed by atoms with Crippen LogP contribution >= 0.6 is 15.9 Å². The molecule has 0 unspecified atom stereocenters. The number of benzene rings is 2. The van der Waals surface area contributed by atoms with Crippen LogP contribution in [0.15, 0.2) is 53.0 Å². The number of carbonyl (C=O) groups is 3. The molecule has 1 heterocycles. The van der Waals surface area contributed by atoms with E-state index in [0.29, 0.717) is 43.7 Å². The van der Waals surface area contributed by atoms with Crippen LogP contribution < -0.4 is 10.1 Å². The van der Waals surface area contributed by atoms with Gasteiger partial charge in [0.1, 0.15) is 5.75 Å². The zero-order valence-corrected chi connectivity index (χ0v) is 17.8. The Hall–Kier alpha value is -2.67. The van der Waals surface area contributed by atoms with Crippen LogP contribution in [0.2, 0.25) is 0 Å². The van der Waals surface area contributed by atoms with Gasteiger partial charge in [0, 0.05) is 36.1 Å². The second-order valence-corrected chi connectivity index (χ2v) is 7.97. The van der Waals surface area contributed by atoms with E-state index in [1.165, 1.54) is 6.92 Å². The van der Waals surface area contributed by atoms with Gasteiger partial charge in [-0.05, 0) is 48.7 Å². The quantitative estimate of drug-likeness (QED) is 0.550. The summed E-state index contributed by atoms with van der Waals surface area (Å²) in [4.78, 5) is 37.9. The lowest BCUT2D eigenvalue weighted by Crippen LogP contribution is -2.47. The summed E-state index contributed by atoms with van der Waals surface area (Å²) in [7, 11) is 0. The van der Waals surface area contributed by atoms with Gasteiger partial charge in [0.2, 0.25) is 5.91 Å². The van der Waals surface area contributed by atoms with E-state index in [9.17, 15) is 14.4 Å². The molecule has 0 radical (unpaired) electrons. The van der Waals surface area contributed by atoms with E-state index in [1.807, 2.05) is 29.2 Å². The van der Waals surface area contributed by atoms with Crippen LogP contribution in [-0.4, -0.2) is 41.8 Å². The number of likely N-dealkylation sites (tertiary alicyclic amines) is 1. The second-order valence-electron chi connectivity index (χ2n) is 7.05. The minimum absolute atomic E-state index is 0.0108. The molecule has 6 nitrogen and oxygen atoms in total. The summed E-state index contributed by atoms with van der Waals surface area (Å²) in [6.45, 7) is 2.56. The molecular weight excluding hydrogens is 436 g/mol. The molecule has 152 valence electrons. The smallest absolute Gasteiger partial charge is 0.308 e. The minimum Gasteiger partial charge on any atom is -0.427 e. The average molecular weight is 459 g/mol. The molecule has 29 heavy (non-hydrogen) atoms. The Labute approximate surface area is 178 Å². The van der Waals surface area contributed by atoms with Crippen molar-refractivity contribution in [3.8, 4) is 5.75 Å². The van der Waals surface area contributed by atoms with Crippen molar-refractivity contribution in [2.75, 3.05) is 13.1 Å². The van der Waals surface area contributed by atoms with Crippen molar-refractivity contribution in [2.24, 2.45) is 0 Å². The maximum atomic E-state index is 12.5. The predicted molar refractivity (Wildman–Crippen MR) is 113 cm³/mol. The molecule has 1 N–H and O–H groups in total. The van der Waals surface area contributed by atoms with Gasteiger partial charge in [-0.2, -0.15) is 0 Å². The van der Waals surface area contributed by atoms with Crippen LogP contribution in [-0.2, 0) is 16.0 Å². The van der Waals surface area contributed by atoms with Gasteiger partial charge in [-0.25, -0.2) is 0 Å². The zero-order chi connectivity index (χ0) is 20.8. The maximum Gasteiger partial charge on any atom is 0.308 e. The first-order valence-corrected chi connectivity index (χ1v) is 10.3. The van der Waals surface area contributed by atoms with E-state index < -0.39 is 5.97 Å². The predicted octanol–water partition coefficient (Wildman–Crippen LogP) is 3.34. The third-order valence-electron chi connectivity index (χ3n) is 4.81. The molecular formula is C22H23BrN2O4. The highest BCUT2D eigenvalue weighted by Gasteiger charge is 2.24. The van der Waals surface area contributed by atoms with E-state index in [2.05, 4.69) is 21.2 Å². The molecule has 0 spiro atoms. The molecule has 0 aliphatic carbocycles. The molecule has 2 aromatic rings. The van der Waals surface area contributed by atoms with Crippen molar-refractivity contribution in [3.63, 3.8) is 0 Å². The highest BCUT2D eigenvalue weighted by atomic mass is 79.9. The lowest BCUT2D eigenvalue weighted by molar-refractivity contribution is -0.132. The third-order valence-corrected chi connectivity index (χ3v) is 5.34. The Morgan fingerprint density at radius 3 is 2.45 bits per heavy atom. The maximum absolute atomic E-state index is 12.5. The summed E-state index contributed by atoms with van der Waals surface area (Å²) >= 11 is 3.39. The number of piperidine rings is 1. The fourth-order valence-electron chi connectivity index (χ4n) is 3.30. The Balaban J connectivity index is 1.49. The van der Waals surface area contributed by atoms with E-state index >= 15 is 0 Å². The molecule has 0 bridgehead atoms. The molecule has 3 rings (SSSR count). The van der Waals surface area contributed by atoms with Crippen molar-refractivity contribution >= 4 is 33.7 Å². The summed E-state index contributed by atoms with van der Waals surface area (Å²) in [6.07, 6.45) is 1.80. The molecule has 7 heteroatoms. The normalized spacial score (nSPS) is 14.3. The SMILES string of the molecule is CC(=O)Oc1cccc(C(=O)NC2CCN(C(=O)Cc3ccc(Br)cc3)CC2)c1. The van der Waals surface area contributed by atoms with E-state index in [1.54, 1.807) is 24.3 Å². The monoisotopic (exact) mass is 458 g/mol. The number of halogens is 1. The number of hydrogen-bond donors (Lipinski definition) is 1. The minimum atomic E-state index is -0.428. The molecule has 2 aromatic carbocycles. The Kier molecular flexibility index (Phi) is 7.04. The van der Waals surface area contributed by atoms with Gasteiger partial charge in [0.15, 0.2) is 0 Å². The van der Waals surface area contributed by atoms with E-state index in [0.717, 1.165) is 10.0 Å². The van der Waals surface area contributed by atoms with Crippen LogP contribution in [0.3, 0.4) is 0 Å². The fraction of sp³-hybridized carbons (Fsp3) is 0.318. The van der Waals surface area contributed by atoms with Crippen molar-refractivity contribution in [3.05, 3.63) is 64.1 Å². The Bertz CT molecular complexity index is 890. The molecule has 1 aliphatic rings. The topological polar surface area (TPSA) is 75.7 Å². The number of ether oxygens (including phenoxy) is 1. The summed E-state index contributed by atoms with van der Waals surface area (Å²) in [6, 6.07) is 14.3. The van der Waals surface area contributed by atoms with Crippen molar-refractivity contribution < 1.29 is 19.1 Å².